The van der Waals surface area contributed by atoms with E-state index < -0.39 is 0 Å². The van der Waals surface area contributed by atoms with E-state index in [1.807, 2.05) is 0 Å². The van der Waals surface area contributed by atoms with Crippen molar-refractivity contribution in [1.82, 2.24) is 0 Å². The van der Waals surface area contributed by atoms with E-state index in [9.17, 15) is 0 Å². The monoisotopic (exact) mass is 120 g/mol. The molecule has 0 saturated heterocycles. The van der Waals surface area contributed by atoms with Crippen molar-refractivity contribution >= 4 is 0 Å². The highest BCUT2D eigenvalue weighted by Gasteiger charge is 2.26. The lowest BCUT2D eigenvalue weighted by Crippen LogP contribution is -1.91. The molecule has 0 heteroatoms. The maximum absolute atomic E-state index is 2.36. The maximum atomic E-state index is 2.36. The smallest absolute Gasteiger partial charge is 0.00965 e. The van der Waals surface area contributed by atoms with E-state index in [1.54, 1.807) is 16.7 Å². The summed E-state index contributed by atoms with van der Waals surface area (Å²) in [6.45, 7) is 4.56. The van der Waals surface area contributed by atoms with Gasteiger partial charge in [-0.3, -0.25) is 0 Å². The van der Waals surface area contributed by atoms with Gasteiger partial charge in [0.15, 0.2) is 0 Å². The summed E-state index contributed by atoms with van der Waals surface area (Å²) < 4.78 is 0. The van der Waals surface area contributed by atoms with Gasteiger partial charge in [-0.05, 0) is 25.7 Å². The fraction of sp³-hybridized carbons (Fsp3) is 0.556. The Bertz CT molecular complexity index is 206. The van der Waals surface area contributed by atoms with Crippen LogP contribution in [-0.2, 0) is 0 Å². The van der Waals surface area contributed by atoms with Gasteiger partial charge < -0.3 is 0 Å². The molecule has 1 fully saturated rings. The van der Waals surface area contributed by atoms with Gasteiger partial charge in [0.2, 0.25) is 0 Å². The van der Waals surface area contributed by atoms with Crippen molar-refractivity contribution in [2.75, 3.05) is 0 Å². The summed E-state index contributed by atoms with van der Waals surface area (Å²) in [5.41, 5.74) is 4.91. The SMILES string of the molecule is CC1=C2CC(=C1)C(C)C2. The molecule has 1 unspecified atom stereocenters. The Morgan fingerprint density at radius 2 is 2.33 bits per heavy atom. The second-order valence-electron chi connectivity index (χ2n) is 3.29. The van der Waals surface area contributed by atoms with Gasteiger partial charge >= 0.3 is 0 Å². The summed E-state index contributed by atoms with van der Waals surface area (Å²) in [5.74, 6) is 0.865. The molecule has 2 aliphatic carbocycles. The number of fused-ring (bicyclic) bond motifs is 2. The first-order chi connectivity index (χ1) is 4.27. The number of allylic oxidation sites excluding steroid dienone is 4. The molecule has 2 rings (SSSR count). The molecule has 0 N–H and O–H groups in total. The van der Waals surface area contributed by atoms with Crippen molar-refractivity contribution in [1.29, 1.82) is 0 Å². The predicted octanol–water partition coefficient (Wildman–Crippen LogP) is 2.67. The average Bonchev–Trinajstić information content (AvgIpc) is 2.24. The fourth-order valence-corrected chi connectivity index (χ4v) is 1.87. The molecule has 0 spiro atoms. The van der Waals surface area contributed by atoms with Gasteiger partial charge in [0, 0.05) is 0 Å². The molecule has 48 valence electrons. The molecule has 1 atom stereocenters. The van der Waals surface area contributed by atoms with Crippen LogP contribution in [0.4, 0.5) is 0 Å². The largest absolute Gasteiger partial charge is 0.0627 e. The Labute approximate surface area is 56.3 Å². The minimum atomic E-state index is 0.865. The molecule has 0 aliphatic heterocycles. The van der Waals surface area contributed by atoms with Crippen LogP contribution in [0.1, 0.15) is 26.7 Å². The first-order valence-electron chi connectivity index (χ1n) is 3.66. The van der Waals surface area contributed by atoms with Crippen LogP contribution in [0.2, 0.25) is 0 Å². The third-order valence-electron chi connectivity index (χ3n) is 2.56. The zero-order valence-electron chi connectivity index (χ0n) is 6.07. The molecule has 0 nitrogen and oxygen atoms in total. The number of rotatable bonds is 0. The first kappa shape index (κ1) is 5.28. The van der Waals surface area contributed by atoms with Crippen LogP contribution in [0.25, 0.3) is 0 Å². The second kappa shape index (κ2) is 1.50. The zero-order chi connectivity index (χ0) is 6.43. The Hall–Kier alpha value is -0.520. The molecule has 2 aliphatic rings. The highest BCUT2D eigenvalue weighted by atomic mass is 14.3. The van der Waals surface area contributed by atoms with E-state index in [4.69, 9.17) is 0 Å². The van der Waals surface area contributed by atoms with Gasteiger partial charge in [0.25, 0.3) is 0 Å². The topological polar surface area (TPSA) is 0 Å². The normalized spacial score (nSPS) is 31.8. The van der Waals surface area contributed by atoms with E-state index in [1.165, 1.54) is 12.8 Å². The Balaban J connectivity index is 2.40. The molecular formula is C9H12. The van der Waals surface area contributed by atoms with Crippen LogP contribution < -0.4 is 0 Å². The zero-order valence-corrected chi connectivity index (χ0v) is 6.07. The Morgan fingerprint density at radius 3 is 2.67 bits per heavy atom. The molecule has 0 aromatic heterocycles. The molecule has 0 heterocycles. The van der Waals surface area contributed by atoms with Gasteiger partial charge in [-0.25, -0.2) is 0 Å². The molecule has 9 heavy (non-hydrogen) atoms. The van der Waals surface area contributed by atoms with Crippen molar-refractivity contribution in [3.63, 3.8) is 0 Å². The maximum Gasteiger partial charge on any atom is -0.00965 e. The summed E-state index contributed by atoms with van der Waals surface area (Å²) in [6, 6.07) is 0. The summed E-state index contributed by atoms with van der Waals surface area (Å²) >= 11 is 0. The highest BCUT2D eigenvalue weighted by molar-refractivity contribution is 5.44. The van der Waals surface area contributed by atoms with Gasteiger partial charge in [0.05, 0.1) is 0 Å². The van der Waals surface area contributed by atoms with E-state index in [0.717, 1.165) is 5.92 Å². The summed E-state index contributed by atoms with van der Waals surface area (Å²) in [5, 5.41) is 0. The summed E-state index contributed by atoms with van der Waals surface area (Å²) in [4.78, 5) is 0. The van der Waals surface area contributed by atoms with Crippen LogP contribution >= 0.6 is 0 Å². The van der Waals surface area contributed by atoms with Gasteiger partial charge in [-0.15, -0.1) is 0 Å². The summed E-state index contributed by atoms with van der Waals surface area (Å²) in [7, 11) is 0. The van der Waals surface area contributed by atoms with Crippen LogP contribution in [-0.4, -0.2) is 0 Å². The minimum Gasteiger partial charge on any atom is -0.0627 e. The third-order valence-corrected chi connectivity index (χ3v) is 2.56. The quantitative estimate of drug-likeness (QED) is 0.461. The molecule has 0 amide bonds. The molecule has 0 aromatic carbocycles. The van der Waals surface area contributed by atoms with Crippen LogP contribution in [0.3, 0.4) is 0 Å². The lowest BCUT2D eigenvalue weighted by atomic mass is 10.00. The second-order valence-corrected chi connectivity index (χ2v) is 3.29. The summed E-state index contributed by atoms with van der Waals surface area (Å²) in [6.07, 6.45) is 5.01. The Morgan fingerprint density at radius 1 is 1.56 bits per heavy atom. The highest BCUT2D eigenvalue weighted by Crippen LogP contribution is 2.42. The van der Waals surface area contributed by atoms with Crippen LogP contribution in [0, 0.1) is 5.92 Å². The first-order valence-corrected chi connectivity index (χ1v) is 3.66. The standard InChI is InChI=1S/C9H12/c1-6-3-9-5-8(6)4-7(9)2/h3,7H,4-5H2,1-2H3. The fourth-order valence-electron chi connectivity index (χ4n) is 1.87. The van der Waals surface area contributed by atoms with Gasteiger partial charge in [-0.1, -0.05) is 29.7 Å². The lowest BCUT2D eigenvalue weighted by molar-refractivity contribution is 0.726. The van der Waals surface area contributed by atoms with Crippen molar-refractivity contribution in [3.8, 4) is 0 Å². The Kier molecular flexibility index (Phi) is 0.879. The van der Waals surface area contributed by atoms with E-state index in [2.05, 4.69) is 19.9 Å². The van der Waals surface area contributed by atoms with Crippen molar-refractivity contribution in [2.45, 2.75) is 26.7 Å². The molecule has 2 bridgehead atoms. The number of hydrogen-bond acceptors (Lipinski definition) is 0. The van der Waals surface area contributed by atoms with Crippen LogP contribution in [0.5, 0.6) is 0 Å². The van der Waals surface area contributed by atoms with Crippen LogP contribution in [0.15, 0.2) is 22.8 Å². The van der Waals surface area contributed by atoms with E-state index in [0.29, 0.717) is 0 Å². The molecule has 0 aromatic rings. The number of hydrogen-bond donors (Lipinski definition) is 0. The van der Waals surface area contributed by atoms with E-state index >= 15 is 0 Å². The third kappa shape index (κ3) is 0.592. The molecular weight excluding hydrogens is 108 g/mol. The average molecular weight is 120 g/mol. The van der Waals surface area contributed by atoms with Gasteiger partial charge in [-0.2, -0.15) is 0 Å². The van der Waals surface area contributed by atoms with E-state index in [-0.39, 0.29) is 0 Å². The molecule has 0 radical (unpaired) electrons. The lowest BCUT2D eigenvalue weighted by Gasteiger charge is -2.06. The molecule has 1 saturated carbocycles. The van der Waals surface area contributed by atoms with Crippen molar-refractivity contribution < 1.29 is 0 Å². The van der Waals surface area contributed by atoms with Crippen molar-refractivity contribution in [2.24, 2.45) is 5.92 Å². The predicted molar refractivity (Wildman–Crippen MR) is 39.2 cm³/mol. The van der Waals surface area contributed by atoms with Gasteiger partial charge in [0.1, 0.15) is 0 Å². The minimum absolute atomic E-state index is 0.865. The van der Waals surface area contributed by atoms with Crippen molar-refractivity contribution in [3.05, 3.63) is 22.8 Å².